The molecule has 5 nitrogen and oxygen atoms in total. The fraction of sp³-hybridized carbons (Fsp3) is 0.0833. The first-order chi connectivity index (χ1) is 8.25. The van der Waals surface area contributed by atoms with Crippen LogP contribution in [0, 0.1) is 6.92 Å². The van der Waals surface area contributed by atoms with Crippen LogP contribution in [0.4, 0.5) is 0 Å². The second-order valence-electron chi connectivity index (χ2n) is 3.83. The average Bonchev–Trinajstić information content (AvgIpc) is 2.73. The smallest absolute Gasteiger partial charge is 0.279 e. The van der Waals surface area contributed by atoms with Gasteiger partial charge in [0, 0.05) is 5.56 Å². The van der Waals surface area contributed by atoms with Gasteiger partial charge in [-0.25, -0.2) is 4.98 Å². The third-order valence-electron chi connectivity index (χ3n) is 2.63. The highest BCUT2D eigenvalue weighted by Crippen LogP contribution is 2.15. The van der Waals surface area contributed by atoms with Crippen molar-refractivity contribution in [1.29, 1.82) is 0 Å². The molecule has 0 amide bonds. The lowest BCUT2D eigenvalue weighted by Gasteiger charge is -2.00. The third-order valence-corrected chi connectivity index (χ3v) is 2.63. The van der Waals surface area contributed by atoms with Gasteiger partial charge in [0.15, 0.2) is 5.52 Å². The number of nitrogens with one attached hydrogen (secondary N) is 2. The summed E-state index contributed by atoms with van der Waals surface area (Å²) in [6.45, 7) is 1.84. The highest BCUT2D eigenvalue weighted by Gasteiger charge is 2.09. The Morgan fingerprint density at radius 2 is 1.88 bits per heavy atom. The molecule has 0 atom stereocenters. The van der Waals surface area contributed by atoms with E-state index in [1.54, 1.807) is 0 Å². The number of aromatic amines is 2. The molecule has 0 spiro atoms. The van der Waals surface area contributed by atoms with Gasteiger partial charge in [-0.15, -0.1) is 0 Å². The van der Waals surface area contributed by atoms with Crippen LogP contribution in [0.25, 0.3) is 22.4 Å². The largest absolute Gasteiger partial charge is 0.305 e. The topological polar surface area (TPSA) is 74.4 Å². The first-order valence-electron chi connectivity index (χ1n) is 5.26. The Kier molecular flexibility index (Phi) is 2.04. The zero-order chi connectivity index (χ0) is 11.8. The molecule has 0 saturated carbocycles. The van der Waals surface area contributed by atoms with Crippen molar-refractivity contribution in [1.82, 2.24) is 20.2 Å². The van der Waals surface area contributed by atoms with Crippen LogP contribution in [0.3, 0.4) is 0 Å². The molecule has 0 aliphatic carbocycles. The molecule has 0 saturated heterocycles. The molecule has 17 heavy (non-hydrogen) atoms. The highest BCUT2D eigenvalue weighted by atomic mass is 16.1. The molecule has 0 aliphatic heterocycles. The lowest BCUT2D eigenvalue weighted by atomic mass is 10.2. The van der Waals surface area contributed by atoms with E-state index in [2.05, 4.69) is 20.2 Å². The fourth-order valence-corrected chi connectivity index (χ4v) is 1.76. The van der Waals surface area contributed by atoms with E-state index in [1.165, 1.54) is 0 Å². The normalized spacial score (nSPS) is 10.9. The maximum Gasteiger partial charge on any atom is 0.279 e. The van der Waals surface area contributed by atoms with E-state index >= 15 is 0 Å². The predicted molar refractivity (Wildman–Crippen MR) is 64.7 cm³/mol. The van der Waals surface area contributed by atoms with Gasteiger partial charge in [-0.05, 0) is 6.92 Å². The summed E-state index contributed by atoms with van der Waals surface area (Å²) in [4.78, 5) is 19.0. The second-order valence-corrected chi connectivity index (χ2v) is 3.83. The molecule has 0 radical (unpaired) electrons. The summed E-state index contributed by atoms with van der Waals surface area (Å²) >= 11 is 0. The fourth-order valence-electron chi connectivity index (χ4n) is 1.76. The van der Waals surface area contributed by atoms with Crippen LogP contribution in [0.1, 0.15) is 5.69 Å². The summed E-state index contributed by atoms with van der Waals surface area (Å²) in [5.41, 5.74) is 2.42. The molecule has 0 bridgehead atoms. The van der Waals surface area contributed by atoms with Crippen LogP contribution >= 0.6 is 0 Å². The Balaban J connectivity index is 2.32. The highest BCUT2D eigenvalue weighted by molar-refractivity contribution is 5.77. The predicted octanol–water partition coefficient (Wildman–Crippen LogP) is 1.62. The standard InChI is InChI=1S/C12H10N4O/c1-7-9-10(16-15-7)12(17)14-11(13-9)8-5-3-2-4-6-8/h2-6H,1H3,(H,15,16)(H,13,14,17). The van der Waals surface area contributed by atoms with Crippen molar-refractivity contribution in [2.45, 2.75) is 6.92 Å². The average molecular weight is 226 g/mol. The van der Waals surface area contributed by atoms with Gasteiger partial charge >= 0.3 is 0 Å². The summed E-state index contributed by atoms with van der Waals surface area (Å²) in [5, 5.41) is 6.68. The number of aryl methyl sites for hydroxylation is 1. The van der Waals surface area contributed by atoms with Gasteiger partial charge in [0.1, 0.15) is 11.3 Å². The van der Waals surface area contributed by atoms with Crippen molar-refractivity contribution in [3.05, 3.63) is 46.4 Å². The minimum atomic E-state index is -0.224. The molecular formula is C12H10N4O. The molecule has 0 unspecified atom stereocenters. The van der Waals surface area contributed by atoms with Crippen LogP contribution in [0.5, 0.6) is 0 Å². The molecule has 2 N–H and O–H groups in total. The van der Waals surface area contributed by atoms with Crippen molar-refractivity contribution >= 4 is 11.0 Å². The van der Waals surface area contributed by atoms with Crippen LogP contribution in [-0.2, 0) is 0 Å². The van der Waals surface area contributed by atoms with E-state index in [-0.39, 0.29) is 5.56 Å². The van der Waals surface area contributed by atoms with Crippen LogP contribution in [0.2, 0.25) is 0 Å². The lowest BCUT2D eigenvalue weighted by Crippen LogP contribution is -2.09. The first kappa shape index (κ1) is 9.77. The summed E-state index contributed by atoms with van der Waals surface area (Å²) < 4.78 is 0. The number of aromatic nitrogens is 4. The van der Waals surface area contributed by atoms with Crippen molar-refractivity contribution < 1.29 is 0 Å². The van der Waals surface area contributed by atoms with E-state index in [9.17, 15) is 4.79 Å². The van der Waals surface area contributed by atoms with Gasteiger partial charge in [0.2, 0.25) is 0 Å². The molecule has 84 valence electrons. The Labute approximate surface area is 96.5 Å². The van der Waals surface area contributed by atoms with Crippen LogP contribution in [0.15, 0.2) is 35.1 Å². The maximum atomic E-state index is 11.8. The Morgan fingerprint density at radius 3 is 2.65 bits per heavy atom. The number of hydrogen-bond acceptors (Lipinski definition) is 3. The number of hydrogen-bond donors (Lipinski definition) is 2. The molecule has 2 aromatic heterocycles. The lowest BCUT2D eigenvalue weighted by molar-refractivity contribution is 1.06. The van der Waals surface area contributed by atoms with Gasteiger partial charge in [-0.2, -0.15) is 5.10 Å². The van der Waals surface area contributed by atoms with Gasteiger partial charge in [-0.1, -0.05) is 30.3 Å². The van der Waals surface area contributed by atoms with Crippen LogP contribution in [-0.4, -0.2) is 20.2 Å². The number of H-pyrrole nitrogens is 2. The van der Waals surface area contributed by atoms with E-state index < -0.39 is 0 Å². The van der Waals surface area contributed by atoms with Crippen molar-refractivity contribution in [2.24, 2.45) is 0 Å². The van der Waals surface area contributed by atoms with Gasteiger partial charge in [0.05, 0.1) is 5.69 Å². The minimum absolute atomic E-state index is 0.224. The van der Waals surface area contributed by atoms with Crippen molar-refractivity contribution in [3.8, 4) is 11.4 Å². The van der Waals surface area contributed by atoms with E-state index in [0.29, 0.717) is 16.9 Å². The van der Waals surface area contributed by atoms with E-state index in [1.807, 2.05) is 37.3 Å². The zero-order valence-electron chi connectivity index (χ0n) is 9.19. The minimum Gasteiger partial charge on any atom is -0.305 e. The quantitative estimate of drug-likeness (QED) is 0.662. The molecule has 0 fully saturated rings. The summed E-state index contributed by atoms with van der Waals surface area (Å²) in [5.74, 6) is 0.563. The van der Waals surface area contributed by atoms with Crippen LogP contribution < -0.4 is 5.56 Å². The van der Waals surface area contributed by atoms with E-state index in [4.69, 9.17) is 0 Å². The first-order valence-corrected chi connectivity index (χ1v) is 5.26. The number of rotatable bonds is 1. The zero-order valence-corrected chi connectivity index (χ0v) is 9.19. The monoisotopic (exact) mass is 226 g/mol. The third kappa shape index (κ3) is 1.52. The Morgan fingerprint density at radius 1 is 1.12 bits per heavy atom. The van der Waals surface area contributed by atoms with Crippen molar-refractivity contribution in [2.75, 3.05) is 0 Å². The molecule has 0 aliphatic rings. The number of benzene rings is 1. The van der Waals surface area contributed by atoms with Crippen molar-refractivity contribution in [3.63, 3.8) is 0 Å². The summed E-state index contributed by atoms with van der Waals surface area (Å²) in [6.07, 6.45) is 0. The summed E-state index contributed by atoms with van der Waals surface area (Å²) in [7, 11) is 0. The Hall–Kier alpha value is -2.43. The second kappa shape index (κ2) is 3.55. The number of fused-ring (bicyclic) bond motifs is 1. The van der Waals surface area contributed by atoms with E-state index in [0.717, 1.165) is 11.3 Å². The van der Waals surface area contributed by atoms with Gasteiger partial charge < -0.3 is 4.98 Å². The molecule has 1 aromatic carbocycles. The molecule has 3 rings (SSSR count). The maximum absolute atomic E-state index is 11.8. The number of nitrogens with zero attached hydrogens (tertiary/aromatic N) is 2. The molecule has 5 heteroatoms. The molecular weight excluding hydrogens is 216 g/mol. The summed E-state index contributed by atoms with van der Waals surface area (Å²) in [6, 6.07) is 9.53. The Bertz CT molecular complexity index is 727. The molecule has 3 aromatic rings. The van der Waals surface area contributed by atoms with Gasteiger partial charge in [-0.3, -0.25) is 9.89 Å². The molecule has 2 heterocycles. The SMILES string of the molecule is Cc1[nH]nc2c(=O)[nH]c(-c3ccccc3)nc12. The van der Waals surface area contributed by atoms with Gasteiger partial charge in [0.25, 0.3) is 5.56 Å².